The van der Waals surface area contributed by atoms with Gasteiger partial charge < -0.3 is 15.0 Å². The van der Waals surface area contributed by atoms with Crippen LogP contribution in [0.3, 0.4) is 0 Å². The van der Waals surface area contributed by atoms with Crippen molar-refractivity contribution >= 4 is 21.9 Å². The Bertz CT molecular complexity index is 620. The number of aromatic amines is 1. The molecule has 0 saturated heterocycles. The summed E-state index contributed by atoms with van der Waals surface area (Å²) in [4.78, 5) is 7.52. The fraction of sp³-hybridized carbons (Fsp3) is 0.357. The molecule has 0 fully saturated rings. The van der Waals surface area contributed by atoms with Gasteiger partial charge in [0.1, 0.15) is 5.75 Å². The lowest BCUT2D eigenvalue weighted by molar-refractivity contribution is 0.412. The van der Waals surface area contributed by atoms with Gasteiger partial charge >= 0.3 is 0 Å². The average molecular weight is 324 g/mol. The van der Waals surface area contributed by atoms with Crippen LogP contribution in [0.15, 0.2) is 10.7 Å². The smallest absolute Gasteiger partial charge is 0.200 e. The number of benzene rings is 1. The molecule has 4 nitrogen and oxygen atoms in total. The molecular weight excluding hydrogens is 306 g/mol. The maximum absolute atomic E-state index is 5.60. The minimum Gasteiger partial charge on any atom is -0.496 e. The van der Waals surface area contributed by atoms with Crippen LogP contribution in [0.5, 0.6) is 5.75 Å². The van der Waals surface area contributed by atoms with Gasteiger partial charge in [-0.2, -0.15) is 0 Å². The van der Waals surface area contributed by atoms with Crippen molar-refractivity contribution in [2.24, 2.45) is 0 Å². The molecule has 19 heavy (non-hydrogen) atoms. The number of halogens is 1. The fourth-order valence-electron chi connectivity index (χ4n) is 2.24. The Morgan fingerprint density at radius 3 is 2.42 bits per heavy atom. The van der Waals surface area contributed by atoms with Gasteiger partial charge in [0.15, 0.2) is 5.95 Å². The quantitative estimate of drug-likeness (QED) is 0.902. The van der Waals surface area contributed by atoms with E-state index in [0.717, 1.165) is 38.6 Å². The first kappa shape index (κ1) is 13.9. The van der Waals surface area contributed by atoms with Crippen LogP contribution in [0.4, 0.5) is 5.95 Å². The second-order valence-corrected chi connectivity index (χ2v) is 5.29. The zero-order valence-corrected chi connectivity index (χ0v) is 13.4. The van der Waals surface area contributed by atoms with Gasteiger partial charge in [0.25, 0.3) is 0 Å². The summed E-state index contributed by atoms with van der Waals surface area (Å²) in [6.45, 7) is 6.23. The van der Waals surface area contributed by atoms with Crippen molar-refractivity contribution in [2.45, 2.75) is 20.8 Å². The van der Waals surface area contributed by atoms with E-state index >= 15 is 0 Å². The second-order valence-electron chi connectivity index (χ2n) is 4.49. The second kappa shape index (κ2) is 5.25. The number of methoxy groups -OCH3 is 1. The fourth-order valence-corrected chi connectivity index (χ4v) is 2.73. The SMILES string of the molecule is CNc1ncc(-c2c(C)c(Br)c(C)c(C)c2OC)[nH]1. The number of aromatic nitrogens is 2. The first-order chi connectivity index (χ1) is 9.01. The number of rotatable bonds is 3. The molecule has 102 valence electrons. The molecule has 1 aromatic carbocycles. The Morgan fingerprint density at radius 1 is 1.21 bits per heavy atom. The molecule has 0 radical (unpaired) electrons. The number of nitrogens with zero attached hydrogens (tertiary/aromatic N) is 1. The zero-order chi connectivity index (χ0) is 14.2. The van der Waals surface area contributed by atoms with Crippen LogP contribution in [0.25, 0.3) is 11.3 Å². The number of H-pyrrole nitrogens is 1. The highest BCUT2D eigenvalue weighted by Gasteiger charge is 2.19. The molecule has 0 aliphatic rings. The minimum absolute atomic E-state index is 0.741. The van der Waals surface area contributed by atoms with Gasteiger partial charge in [-0.15, -0.1) is 0 Å². The molecule has 0 spiro atoms. The molecule has 0 unspecified atom stereocenters. The molecular formula is C14H18BrN3O. The van der Waals surface area contributed by atoms with E-state index in [0.29, 0.717) is 0 Å². The molecule has 2 aromatic rings. The van der Waals surface area contributed by atoms with E-state index < -0.39 is 0 Å². The highest BCUT2D eigenvalue weighted by Crippen LogP contribution is 2.41. The Hall–Kier alpha value is -1.49. The molecule has 0 aliphatic heterocycles. The van der Waals surface area contributed by atoms with Crippen LogP contribution < -0.4 is 10.1 Å². The molecule has 1 heterocycles. The maximum atomic E-state index is 5.60. The molecule has 1 aromatic heterocycles. The molecule has 0 aliphatic carbocycles. The van der Waals surface area contributed by atoms with Gasteiger partial charge in [-0.1, -0.05) is 15.9 Å². The van der Waals surface area contributed by atoms with Crippen LogP contribution in [0.1, 0.15) is 16.7 Å². The van der Waals surface area contributed by atoms with Gasteiger partial charge in [-0.3, -0.25) is 0 Å². The van der Waals surface area contributed by atoms with E-state index in [1.54, 1.807) is 7.11 Å². The van der Waals surface area contributed by atoms with Crippen LogP contribution >= 0.6 is 15.9 Å². The van der Waals surface area contributed by atoms with Crippen molar-refractivity contribution in [3.8, 4) is 17.0 Å². The minimum atomic E-state index is 0.741. The summed E-state index contributed by atoms with van der Waals surface area (Å²) in [5.74, 6) is 1.63. The third kappa shape index (κ3) is 2.23. The van der Waals surface area contributed by atoms with Crippen LogP contribution in [0.2, 0.25) is 0 Å². The standard InChI is InChI=1S/C14H18BrN3O/c1-7-8(2)13(19-5)11(9(3)12(7)15)10-6-17-14(16-4)18-10/h6H,1-5H3,(H2,16,17,18). The monoisotopic (exact) mass is 323 g/mol. The summed E-state index contributed by atoms with van der Waals surface area (Å²) in [7, 11) is 3.54. The van der Waals surface area contributed by atoms with Gasteiger partial charge in [-0.25, -0.2) is 4.98 Å². The largest absolute Gasteiger partial charge is 0.496 e. The Kier molecular flexibility index (Phi) is 3.85. The highest BCUT2D eigenvalue weighted by molar-refractivity contribution is 9.10. The van der Waals surface area contributed by atoms with Crippen molar-refractivity contribution in [3.63, 3.8) is 0 Å². The molecule has 0 saturated carbocycles. The third-order valence-corrected chi connectivity index (χ3v) is 4.64. The summed E-state index contributed by atoms with van der Waals surface area (Å²) in [5, 5.41) is 3.00. The number of hydrogen-bond acceptors (Lipinski definition) is 3. The lowest BCUT2D eigenvalue weighted by Gasteiger charge is -2.17. The number of nitrogens with one attached hydrogen (secondary N) is 2. The number of ether oxygens (including phenoxy) is 1. The normalized spacial score (nSPS) is 10.6. The Labute approximate surface area is 121 Å². The summed E-state index contributed by atoms with van der Waals surface area (Å²) in [6.07, 6.45) is 1.82. The molecule has 0 bridgehead atoms. The summed E-state index contributed by atoms with van der Waals surface area (Å²) in [6, 6.07) is 0. The van der Waals surface area contributed by atoms with Crippen LogP contribution in [-0.2, 0) is 0 Å². The van der Waals surface area contributed by atoms with Crippen LogP contribution in [0, 0.1) is 20.8 Å². The maximum Gasteiger partial charge on any atom is 0.200 e. The van der Waals surface area contributed by atoms with Crippen LogP contribution in [-0.4, -0.2) is 24.1 Å². The van der Waals surface area contributed by atoms with Crippen molar-refractivity contribution in [3.05, 3.63) is 27.4 Å². The summed E-state index contributed by atoms with van der Waals surface area (Å²) < 4.78 is 6.71. The lowest BCUT2D eigenvalue weighted by Crippen LogP contribution is -1.99. The van der Waals surface area contributed by atoms with Gasteiger partial charge in [-0.05, 0) is 37.5 Å². The molecule has 2 N–H and O–H groups in total. The van der Waals surface area contributed by atoms with Gasteiger partial charge in [0, 0.05) is 17.1 Å². The highest BCUT2D eigenvalue weighted by atomic mass is 79.9. The Balaban J connectivity index is 2.74. The van der Waals surface area contributed by atoms with Crippen molar-refractivity contribution in [1.82, 2.24) is 9.97 Å². The number of imidazole rings is 1. The van der Waals surface area contributed by atoms with Crippen molar-refractivity contribution in [1.29, 1.82) is 0 Å². The first-order valence-electron chi connectivity index (χ1n) is 6.07. The summed E-state index contributed by atoms with van der Waals surface area (Å²) >= 11 is 3.66. The average Bonchev–Trinajstić information content (AvgIpc) is 2.88. The molecule has 0 atom stereocenters. The van der Waals surface area contributed by atoms with E-state index in [2.05, 4.69) is 52.0 Å². The zero-order valence-electron chi connectivity index (χ0n) is 11.8. The Morgan fingerprint density at radius 2 is 1.89 bits per heavy atom. The number of hydrogen-bond donors (Lipinski definition) is 2. The van der Waals surface area contributed by atoms with Gasteiger partial charge in [0.2, 0.25) is 0 Å². The molecule has 5 heteroatoms. The van der Waals surface area contributed by atoms with E-state index in [1.807, 2.05) is 13.2 Å². The lowest BCUT2D eigenvalue weighted by atomic mass is 9.97. The van der Waals surface area contributed by atoms with Crippen molar-refractivity contribution in [2.75, 3.05) is 19.5 Å². The number of anilines is 1. The molecule has 2 rings (SSSR count). The van der Waals surface area contributed by atoms with Gasteiger partial charge in [0.05, 0.1) is 19.0 Å². The summed E-state index contributed by atoms with van der Waals surface area (Å²) in [5.41, 5.74) is 5.47. The predicted molar refractivity (Wildman–Crippen MR) is 82.0 cm³/mol. The van der Waals surface area contributed by atoms with E-state index in [-0.39, 0.29) is 0 Å². The predicted octanol–water partition coefficient (Wildman–Crippen LogP) is 3.81. The third-order valence-electron chi connectivity index (χ3n) is 3.45. The van der Waals surface area contributed by atoms with Crippen molar-refractivity contribution < 1.29 is 4.74 Å². The topological polar surface area (TPSA) is 49.9 Å². The van der Waals surface area contributed by atoms with E-state index in [9.17, 15) is 0 Å². The molecule has 0 amide bonds. The first-order valence-corrected chi connectivity index (χ1v) is 6.86. The van der Waals surface area contributed by atoms with E-state index in [4.69, 9.17) is 4.74 Å². The van der Waals surface area contributed by atoms with E-state index in [1.165, 1.54) is 5.56 Å².